The van der Waals surface area contributed by atoms with E-state index in [4.69, 9.17) is 0 Å². The van der Waals surface area contributed by atoms with Crippen molar-refractivity contribution in [2.75, 3.05) is 26.8 Å². The van der Waals surface area contributed by atoms with Crippen LogP contribution in [0.3, 0.4) is 0 Å². The average molecular weight is 219 g/mol. The maximum atomic E-state index is 10.9. The Labute approximate surface area is 88.6 Å². The Morgan fingerprint density at radius 2 is 2.07 bits per heavy atom. The Morgan fingerprint density at radius 3 is 2.60 bits per heavy atom. The van der Waals surface area contributed by atoms with Crippen LogP contribution in [0.1, 0.15) is 13.3 Å². The largest absolute Gasteiger partial charge is 0.468 e. The molecule has 1 atom stereocenters. The van der Waals surface area contributed by atoms with E-state index in [1.165, 1.54) is 7.11 Å². The predicted octanol–water partition coefficient (Wildman–Crippen LogP) is -0.937. The number of hydrogen-bond acceptors (Lipinski definition) is 6. The van der Waals surface area contributed by atoms with Crippen molar-refractivity contribution < 1.29 is 24.2 Å². The number of ether oxygens (including phenoxy) is 2. The number of hydrogen-bond donors (Lipinski definition) is 2. The second-order valence-electron chi connectivity index (χ2n) is 2.87. The van der Waals surface area contributed by atoms with E-state index >= 15 is 0 Å². The van der Waals surface area contributed by atoms with Gasteiger partial charge in [0.25, 0.3) is 0 Å². The molecule has 15 heavy (non-hydrogen) atoms. The zero-order valence-corrected chi connectivity index (χ0v) is 8.99. The van der Waals surface area contributed by atoms with Crippen LogP contribution in [0.2, 0.25) is 0 Å². The first-order valence-electron chi connectivity index (χ1n) is 4.71. The van der Waals surface area contributed by atoms with Gasteiger partial charge in [0.05, 0.1) is 32.8 Å². The van der Waals surface area contributed by atoms with Gasteiger partial charge in [0.1, 0.15) is 0 Å². The molecule has 6 nitrogen and oxygen atoms in total. The highest BCUT2D eigenvalue weighted by atomic mass is 16.5. The lowest BCUT2D eigenvalue weighted by molar-refractivity contribution is -0.145. The minimum Gasteiger partial charge on any atom is -0.468 e. The predicted molar refractivity (Wildman–Crippen MR) is 52.1 cm³/mol. The molecule has 0 aromatic heterocycles. The smallest absolute Gasteiger partial charge is 0.319 e. The van der Waals surface area contributed by atoms with Crippen LogP contribution in [-0.4, -0.2) is 50.0 Å². The van der Waals surface area contributed by atoms with Crippen LogP contribution in [0.4, 0.5) is 0 Å². The number of aliphatic hydroxyl groups is 1. The first kappa shape index (κ1) is 13.9. The topological polar surface area (TPSA) is 84.9 Å². The Hall–Kier alpha value is -1.14. The number of esters is 2. The maximum absolute atomic E-state index is 10.9. The Balaban J connectivity index is 3.52. The molecule has 2 N–H and O–H groups in total. The first-order chi connectivity index (χ1) is 7.10. The molecule has 0 aliphatic carbocycles. The van der Waals surface area contributed by atoms with E-state index < -0.39 is 18.0 Å². The van der Waals surface area contributed by atoms with E-state index in [9.17, 15) is 14.7 Å². The average Bonchev–Trinajstić information content (AvgIpc) is 2.17. The van der Waals surface area contributed by atoms with E-state index in [-0.39, 0.29) is 19.5 Å². The second-order valence-corrected chi connectivity index (χ2v) is 2.87. The highest BCUT2D eigenvalue weighted by Gasteiger charge is 2.11. The van der Waals surface area contributed by atoms with Crippen LogP contribution >= 0.6 is 0 Å². The second kappa shape index (κ2) is 8.19. The van der Waals surface area contributed by atoms with Gasteiger partial charge in [-0.25, -0.2) is 0 Å². The van der Waals surface area contributed by atoms with Gasteiger partial charge in [-0.1, -0.05) is 0 Å². The molecule has 0 saturated carbocycles. The first-order valence-corrected chi connectivity index (χ1v) is 4.71. The standard InChI is InChI=1S/C9H17NO5/c1-3-15-8(12)4-7(11)5-10-6-9(13)14-2/h7,10-11H,3-6H2,1-2H3. The van der Waals surface area contributed by atoms with Crippen molar-refractivity contribution in [3.05, 3.63) is 0 Å². The number of carbonyl (C=O) groups is 2. The molecule has 0 amide bonds. The SMILES string of the molecule is CCOC(=O)CC(O)CNCC(=O)OC. The molecule has 6 heteroatoms. The Bertz CT molecular complexity index is 207. The highest BCUT2D eigenvalue weighted by molar-refractivity contribution is 5.71. The van der Waals surface area contributed by atoms with E-state index in [2.05, 4.69) is 14.8 Å². The molecule has 0 aromatic rings. The molecule has 0 aromatic carbocycles. The van der Waals surface area contributed by atoms with E-state index in [0.29, 0.717) is 6.61 Å². The van der Waals surface area contributed by atoms with E-state index in [0.717, 1.165) is 0 Å². The molecular weight excluding hydrogens is 202 g/mol. The monoisotopic (exact) mass is 219 g/mol. The molecule has 0 bridgehead atoms. The quantitative estimate of drug-likeness (QED) is 0.538. The summed E-state index contributed by atoms with van der Waals surface area (Å²) in [5.74, 6) is -0.872. The summed E-state index contributed by atoms with van der Waals surface area (Å²) in [5.41, 5.74) is 0. The van der Waals surface area contributed by atoms with Gasteiger partial charge in [0, 0.05) is 6.54 Å². The highest BCUT2D eigenvalue weighted by Crippen LogP contribution is 1.93. The molecule has 0 saturated heterocycles. The Morgan fingerprint density at radius 1 is 1.40 bits per heavy atom. The van der Waals surface area contributed by atoms with Crippen molar-refractivity contribution in [1.82, 2.24) is 5.32 Å². The van der Waals surface area contributed by atoms with Gasteiger partial charge in [-0.3, -0.25) is 9.59 Å². The Kier molecular flexibility index (Phi) is 7.57. The van der Waals surface area contributed by atoms with Crippen molar-refractivity contribution in [3.63, 3.8) is 0 Å². The van der Waals surface area contributed by atoms with Gasteiger partial charge in [-0.15, -0.1) is 0 Å². The van der Waals surface area contributed by atoms with Crippen LogP contribution in [0.25, 0.3) is 0 Å². The lowest BCUT2D eigenvalue weighted by Gasteiger charge is -2.10. The zero-order valence-electron chi connectivity index (χ0n) is 8.99. The molecule has 1 unspecified atom stereocenters. The molecule has 0 heterocycles. The number of nitrogens with one attached hydrogen (secondary N) is 1. The normalized spacial score (nSPS) is 11.9. The van der Waals surface area contributed by atoms with Crippen LogP contribution in [0.15, 0.2) is 0 Å². The summed E-state index contributed by atoms with van der Waals surface area (Å²) < 4.78 is 9.02. The molecule has 0 aliphatic heterocycles. The summed E-state index contributed by atoms with van der Waals surface area (Å²) in [7, 11) is 1.28. The van der Waals surface area contributed by atoms with Crippen LogP contribution in [0.5, 0.6) is 0 Å². The number of carbonyl (C=O) groups excluding carboxylic acids is 2. The fraction of sp³-hybridized carbons (Fsp3) is 0.778. The molecular formula is C9H17NO5. The summed E-state index contributed by atoms with van der Waals surface area (Å²) in [6.45, 7) is 2.14. The van der Waals surface area contributed by atoms with E-state index in [1.807, 2.05) is 0 Å². The van der Waals surface area contributed by atoms with Crippen molar-refractivity contribution in [1.29, 1.82) is 0 Å². The maximum Gasteiger partial charge on any atom is 0.319 e. The van der Waals surface area contributed by atoms with Gasteiger partial charge < -0.3 is 19.9 Å². The third-order valence-electron chi connectivity index (χ3n) is 1.58. The molecule has 0 fully saturated rings. The molecule has 0 radical (unpaired) electrons. The van der Waals surface area contributed by atoms with Gasteiger partial charge in [-0.2, -0.15) is 0 Å². The third kappa shape index (κ3) is 7.90. The number of aliphatic hydroxyl groups excluding tert-OH is 1. The number of rotatable bonds is 7. The van der Waals surface area contributed by atoms with Gasteiger partial charge in [0.2, 0.25) is 0 Å². The van der Waals surface area contributed by atoms with Crippen molar-refractivity contribution in [3.8, 4) is 0 Å². The minimum absolute atomic E-state index is 0.0103. The van der Waals surface area contributed by atoms with E-state index in [1.54, 1.807) is 6.92 Å². The van der Waals surface area contributed by atoms with Gasteiger partial charge >= 0.3 is 11.9 Å². The molecule has 0 aliphatic rings. The summed E-state index contributed by atoms with van der Waals surface area (Å²) in [6, 6.07) is 0. The van der Waals surface area contributed by atoms with Gasteiger partial charge in [0.15, 0.2) is 0 Å². The minimum atomic E-state index is -0.853. The zero-order chi connectivity index (χ0) is 11.7. The summed E-state index contributed by atoms with van der Waals surface area (Å²) >= 11 is 0. The number of methoxy groups -OCH3 is 1. The van der Waals surface area contributed by atoms with Crippen LogP contribution in [0, 0.1) is 0 Å². The third-order valence-corrected chi connectivity index (χ3v) is 1.58. The molecule has 0 rings (SSSR count). The van der Waals surface area contributed by atoms with Crippen molar-refractivity contribution in [2.45, 2.75) is 19.4 Å². The summed E-state index contributed by atoms with van der Waals surface area (Å²) in [6.07, 6.45) is -0.934. The molecule has 88 valence electrons. The van der Waals surface area contributed by atoms with Crippen molar-refractivity contribution >= 4 is 11.9 Å². The van der Waals surface area contributed by atoms with Crippen molar-refractivity contribution in [2.24, 2.45) is 0 Å². The lowest BCUT2D eigenvalue weighted by atomic mass is 10.2. The fourth-order valence-electron chi connectivity index (χ4n) is 0.897. The fourth-order valence-corrected chi connectivity index (χ4v) is 0.897. The van der Waals surface area contributed by atoms with Crippen LogP contribution < -0.4 is 5.32 Å². The summed E-state index contributed by atoms with van der Waals surface area (Å²) in [4.78, 5) is 21.6. The van der Waals surface area contributed by atoms with Crippen LogP contribution in [-0.2, 0) is 19.1 Å². The lowest BCUT2D eigenvalue weighted by Crippen LogP contribution is -2.33. The molecule has 0 spiro atoms. The van der Waals surface area contributed by atoms with Gasteiger partial charge in [-0.05, 0) is 6.92 Å². The summed E-state index contributed by atoms with van der Waals surface area (Å²) in [5, 5.41) is 12.0.